The molecule has 3 heterocycles. The SMILES string of the molecule is CC.CCCC1CN(C(C)(C)c2cccc(C(=O)N3CCCC3)n2)C1. The molecule has 2 aliphatic heterocycles. The highest BCUT2D eigenvalue weighted by Gasteiger charge is 2.39. The average molecular weight is 346 g/mol. The Bertz CT molecular complexity index is 558. The fourth-order valence-electron chi connectivity index (χ4n) is 3.76. The Balaban J connectivity index is 0.00000109. The molecule has 0 N–H and O–H groups in total. The first-order valence-electron chi connectivity index (χ1n) is 10.0. The van der Waals surface area contributed by atoms with Crippen molar-refractivity contribution >= 4 is 5.91 Å². The lowest BCUT2D eigenvalue weighted by atomic mass is 9.86. The van der Waals surface area contributed by atoms with Gasteiger partial charge in [0.05, 0.1) is 11.2 Å². The summed E-state index contributed by atoms with van der Waals surface area (Å²) in [6, 6.07) is 5.90. The van der Waals surface area contributed by atoms with Crippen molar-refractivity contribution in [2.24, 2.45) is 5.92 Å². The Kier molecular flexibility index (Phi) is 7.00. The second kappa shape index (κ2) is 8.79. The second-order valence-electron chi connectivity index (χ2n) is 7.53. The predicted molar refractivity (Wildman–Crippen MR) is 104 cm³/mol. The number of carbonyl (C=O) groups is 1. The lowest BCUT2D eigenvalue weighted by Gasteiger charge is -2.49. The molecule has 0 aliphatic carbocycles. The summed E-state index contributed by atoms with van der Waals surface area (Å²) in [6.07, 6.45) is 4.80. The molecule has 2 saturated heterocycles. The Morgan fingerprint density at radius 1 is 1.20 bits per heavy atom. The number of likely N-dealkylation sites (tertiary alicyclic amines) is 2. The minimum Gasteiger partial charge on any atom is -0.337 e. The van der Waals surface area contributed by atoms with Crippen LogP contribution in [-0.4, -0.2) is 46.9 Å². The van der Waals surface area contributed by atoms with Gasteiger partial charge >= 0.3 is 0 Å². The van der Waals surface area contributed by atoms with Crippen LogP contribution in [0.25, 0.3) is 0 Å². The lowest BCUT2D eigenvalue weighted by Crippen LogP contribution is -2.55. The number of nitrogens with zero attached hydrogens (tertiary/aromatic N) is 3. The molecular weight excluding hydrogens is 310 g/mol. The van der Waals surface area contributed by atoms with Crippen LogP contribution in [0.2, 0.25) is 0 Å². The standard InChI is InChI=1S/C19H29N3O.C2H6/c1-4-8-15-13-22(14-15)19(2,3)17-10-7-9-16(20-17)18(23)21-11-5-6-12-21;1-2/h7,9-10,15H,4-6,8,11-14H2,1-3H3;1-2H3. The maximum atomic E-state index is 12.6. The smallest absolute Gasteiger partial charge is 0.272 e. The van der Waals surface area contributed by atoms with Gasteiger partial charge in [-0.1, -0.05) is 33.3 Å². The zero-order chi connectivity index (χ0) is 18.4. The highest BCUT2D eigenvalue weighted by molar-refractivity contribution is 5.92. The van der Waals surface area contributed by atoms with E-state index in [1.54, 1.807) is 0 Å². The fraction of sp³-hybridized carbons (Fsp3) is 0.714. The number of hydrogen-bond donors (Lipinski definition) is 0. The highest BCUT2D eigenvalue weighted by atomic mass is 16.2. The van der Waals surface area contributed by atoms with Crippen molar-refractivity contribution in [2.75, 3.05) is 26.2 Å². The van der Waals surface area contributed by atoms with Gasteiger partial charge in [0, 0.05) is 26.2 Å². The van der Waals surface area contributed by atoms with Gasteiger partial charge in [0.25, 0.3) is 5.91 Å². The molecule has 0 spiro atoms. The number of aromatic nitrogens is 1. The Hall–Kier alpha value is -1.42. The van der Waals surface area contributed by atoms with Gasteiger partial charge in [-0.15, -0.1) is 0 Å². The third kappa shape index (κ3) is 4.41. The molecule has 0 aromatic carbocycles. The monoisotopic (exact) mass is 345 g/mol. The van der Waals surface area contributed by atoms with Crippen molar-refractivity contribution in [1.29, 1.82) is 0 Å². The van der Waals surface area contributed by atoms with Crippen molar-refractivity contribution in [3.63, 3.8) is 0 Å². The molecule has 3 rings (SSSR count). The molecule has 0 atom stereocenters. The quantitative estimate of drug-likeness (QED) is 0.798. The van der Waals surface area contributed by atoms with Gasteiger partial charge in [-0.3, -0.25) is 9.69 Å². The molecule has 4 heteroatoms. The number of rotatable bonds is 5. The minimum atomic E-state index is -0.106. The minimum absolute atomic E-state index is 0.0904. The maximum absolute atomic E-state index is 12.6. The molecule has 1 amide bonds. The molecule has 2 aliphatic rings. The van der Waals surface area contributed by atoms with Crippen LogP contribution >= 0.6 is 0 Å². The lowest BCUT2D eigenvalue weighted by molar-refractivity contribution is -0.00486. The van der Waals surface area contributed by atoms with Crippen LogP contribution in [0.15, 0.2) is 18.2 Å². The van der Waals surface area contributed by atoms with Crippen molar-refractivity contribution in [3.8, 4) is 0 Å². The van der Waals surface area contributed by atoms with Gasteiger partial charge in [0.2, 0.25) is 0 Å². The summed E-state index contributed by atoms with van der Waals surface area (Å²) in [7, 11) is 0. The number of carbonyl (C=O) groups excluding carboxylic acids is 1. The normalized spacial score (nSPS) is 18.5. The Labute approximate surface area is 153 Å². The number of pyridine rings is 1. The van der Waals surface area contributed by atoms with E-state index in [0.29, 0.717) is 5.69 Å². The van der Waals surface area contributed by atoms with Crippen LogP contribution in [-0.2, 0) is 5.54 Å². The largest absolute Gasteiger partial charge is 0.337 e. The van der Waals surface area contributed by atoms with Gasteiger partial charge < -0.3 is 4.90 Å². The predicted octanol–water partition coefficient (Wildman–Crippen LogP) is 4.31. The van der Waals surface area contributed by atoms with E-state index in [2.05, 4.69) is 31.7 Å². The summed E-state index contributed by atoms with van der Waals surface area (Å²) < 4.78 is 0. The maximum Gasteiger partial charge on any atom is 0.272 e. The highest BCUT2D eigenvalue weighted by Crippen LogP contribution is 2.34. The van der Waals surface area contributed by atoms with Crippen molar-refractivity contribution < 1.29 is 4.79 Å². The van der Waals surface area contributed by atoms with E-state index < -0.39 is 0 Å². The van der Waals surface area contributed by atoms with E-state index in [-0.39, 0.29) is 11.4 Å². The molecule has 4 nitrogen and oxygen atoms in total. The van der Waals surface area contributed by atoms with Crippen molar-refractivity contribution in [1.82, 2.24) is 14.8 Å². The zero-order valence-electron chi connectivity index (χ0n) is 16.7. The molecule has 0 saturated carbocycles. The van der Waals surface area contributed by atoms with Gasteiger partial charge in [0.15, 0.2) is 0 Å². The summed E-state index contributed by atoms with van der Waals surface area (Å²) in [5, 5.41) is 0. The van der Waals surface area contributed by atoms with E-state index in [1.807, 2.05) is 30.9 Å². The molecule has 1 aromatic rings. The van der Waals surface area contributed by atoms with Gasteiger partial charge in [-0.05, 0) is 51.2 Å². The number of amides is 1. The zero-order valence-corrected chi connectivity index (χ0v) is 16.7. The summed E-state index contributed by atoms with van der Waals surface area (Å²) >= 11 is 0. The van der Waals surface area contributed by atoms with Crippen molar-refractivity contribution in [2.45, 2.75) is 65.8 Å². The van der Waals surface area contributed by atoms with E-state index in [9.17, 15) is 4.79 Å². The first kappa shape index (κ1) is 19.9. The van der Waals surface area contributed by atoms with Crippen LogP contribution < -0.4 is 0 Å². The topological polar surface area (TPSA) is 36.4 Å². The molecule has 0 radical (unpaired) electrons. The summed E-state index contributed by atoms with van der Waals surface area (Å²) in [4.78, 5) is 21.7. The summed E-state index contributed by atoms with van der Waals surface area (Å²) in [5.74, 6) is 0.918. The summed E-state index contributed by atoms with van der Waals surface area (Å²) in [6.45, 7) is 14.7. The number of hydrogen-bond acceptors (Lipinski definition) is 3. The van der Waals surface area contributed by atoms with Crippen LogP contribution in [0, 0.1) is 5.92 Å². The molecule has 2 fully saturated rings. The summed E-state index contributed by atoms with van der Waals surface area (Å²) in [5.41, 5.74) is 1.51. The van der Waals surface area contributed by atoms with E-state index in [1.165, 1.54) is 12.8 Å². The first-order chi connectivity index (χ1) is 12.0. The van der Waals surface area contributed by atoms with Gasteiger partial charge in [-0.2, -0.15) is 0 Å². The molecule has 140 valence electrons. The molecular formula is C21H35N3O. The van der Waals surface area contributed by atoms with Crippen LogP contribution in [0.1, 0.15) is 76.5 Å². The third-order valence-electron chi connectivity index (χ3n) is 5.43. The molecule has 1 aromatic heterocycles. The van der Waals surface area contributed by atoms with Crippen LogP contribution in [0.3, 0.4) is 0 Å². The van der Waals surface area contributed by atoms with Crippen LogP contribution in [0.5, 0.6) is 0 Å². The third-order valence-corrected chi connectivity index (χ3v) is 5.43. The molecule has 0 unspecified atom stereocenters. The average Bonchev–Trinajstić information content (AvgIpc) is 3.13. The molecule has 0 bridgehead atoms. The van der Waals surface area contributed by atoms with Crippen molar-refractivity contribution in [3.05, 3.63) is 29.6 Å². The Morgan fingerprint density at radius 3 is 2.44 bits per heavy atom. The van der Waals surface area contributed by atoms with E-state index in [4.69, 9.17) is 4.98 Å². The van der Waals surface area contributed by atoms with Gasteiger partial charge in [0.1, 0.15) is 5.69 Å². The van der Waals surface area contributed by atoms with Crippen LogP contribution in [0.4, 0.5) is 0 Å². The molecule has 25 heavy (non-hydrogen) atoms. The van der Waals surface area contributed by atoms with Gasteiger partial charge in [-0.25, -0.2) is 4.98 Å². The first-order valence-corrected chi connectivity index (χ1v) is 10.0. The second-order valence-corrected chi connectivity index (χ2v) is 7.53. The van der Waals surface area contributed by atoms with E-state index >= 15 is 0 Å². The Morgan fingerprint density at radius 2 is 1.84 bits per heavy atom. The van der Waals surface area contributed by atoms with E-state index in [0.717, 1.165) is 50.6 Å². The fourth-order valence-corrected chi connectivity index (χ4v) is 3.76.